The van der Waals surface area contributed by atoms with Crippen LogP contribution in [0.4, 0.5) is 0 Å². The van der Waals surface area contributed by atoms with E-state index in [0.717, 1.165) is 18.8 Å². The van der Waals surface area contributed by atoms with Crippen LogP contribution in [-0.2, 0) is 0 Å². The Morgan fingerprint density at radius 1 is 0.256 bits per heavy atom. The molecule has 2 nitrogen and oxygen atoms in total. The molecule has 14 rings (SSSR count). The molecule has 0 saturated carbocycles. The van der Waals surface area contributed by atoms with Crippen LogP contribution in [0.1, 0.15) is 0 Å². The van der Waals surface area contributed by atoms with Gasteiger partial charge in [0.05, 0.1) is 0 Å². The van der Waals surface area contributed by atoms with Gasteiger partial charge in [0.15, 0.2) is 16.1 Å². The molecule has 12 aromatic carbocycles. The van der Waals surface area contributed by atoms with E-state index in [0.29, 0.717) is 5.46 Å². The first-order chi connectivity index (χ1) is 40.2. The molecule has 0 fully saturated rings. The average molecular weight is 1320 g/mol. The lowest BCUT2D eigenvalue weighted by atomic mass is 9.80. The first-order valence-electron chi connectivity index (χ1n) is 27.0. The molecule has 0 bridgehead atoms. The zero-order chi connectivity index (χ0) is 56.0. The molecule has 0 aliphatic rings. The number of fused-ring (bicyclic) bond motifs is 6. The maximum Gasteiger partial charge on any atom is 0.488 e. The quantitative estimate of drug-likeness (QED) is 0.106. The van der Waals surface area contributed by atoms with Gasteiger partial charge in [0, 0.05) is 48.4 Å². The summed E-state index contributed by atoms with van der Waals surface area (Å²) in [5.74, 6) is 0. The topological polar surface area (TPSA) is 40.5 Å². The van der Waals surface area contributed by atoms with Crippen LogP contribution in [0, 0.1) is 0 Å². The summed E-state index contributed by atoms with van der Waals surface area (Å²) in [4.78, 5) is 0. The molecule has 396 valence electrons. The molecular weight excluding hydrogens is 1270 g/mol. The summed E-state index contributed by atoms with van der Waals surface area (Å²) in [7, 11) is -6.43. The van der Waals surface area contributed by atoms with Crippen LogP contribution in [0.3, 0.4) is 0 Å². The smallest absolute Gasteiger partial charge is 0.423 e. The molecule has 0 spiro atoms. The third kappa shape index (κ3) is 11.0. The van der Waals surface area contributed by atoms with Gasteiger partial charge in [0.1, 0.15) is 0 Å². The molecular formula is C72H52BBr3O2S2Si2. The van der Waals surface area contributed by atoms with Gasteiger partial charge in [-0.05, 0) is 130 Å². The van der Waals surface area contributed by atoms with Gasteiger partial charge >= 0.3 is 7.12 Å². The van der Waals surface area contributed by atoms with Crippen LogP contribution in [0.2, 0.25) is 0 Å². The van der Waals surface area contributed by atoms with E-state index in [-0.39, 0.29) is 0 Å². The highest BCUT2D eigenvalue weighted by molar-refractivity contribution is 9.11. The molecule has 0 atom stereocenters. The van der Waals surface area contributed by atoms with E-state index >= 15 is 0 Å². The van der Waals surface area contributed by atoms with Crippen molar-refractivity contribution in [3.63, 3.8) is 0 Å². The van der Waals surface area contributed by atoms with Crippen molar-refractivity contribution in [1.29, 1.82) is 0 Å². The van der Waals surface area contributed by atoms with Gasteiger partial charge in [0.2, 0.25) is 0 Å². The molecule has 0 aliphatic heterocycles. The minimum Gasteiger partial charge on any atom is -0.423 e. The Bertz CT molecular complexity index is 4380. The average Bonchev–Trinajstić information content (AvgIpc) is 4.08. The number of rotatable bonds is 10. The predicted molar refractivity (Wildman–Crippen MR) is 371 cm³/mol. The molecule has 0 amide bonds. The molecule has 2 heterocycles. The van der Waals surface area contributed by atoms with Crippen molar-refractivity contribution in [2.45, 2.75) is 0 Å². The Morgan fingerprint density at radius 3 is 0.976 bits per heavy atom. The molecule has 2 aromatic heterocycles. The first kappa shape index (κ1) is 55.5. The Kier molecular flexibility index (Phi) is 16.8. The number of benzene rings is 12. The van der Waals surface area contributed by atoms with E-state index in [4.69, 9.17) is 10.0 Å². The number of halogens is 3. The second kappa shape index (κ2) is 24.8. The molecule has 0 aliphatic carbocycles. The van der Waals surface area contributed by atoms with Crippen LogP contribution in [0.15, 0.2) is 317 Å². The second-order valence-corrected chi connectivity index (χ2v) is 32.6. The van der Waals surface area contributed by atoms with E-state index in [1.54, 1.807) is 17.4 Å². The number of thiophene rings is 2. The zero-order valence-electron chi connectivity index (χ0n) is 44.3. The van der Waals surface area contributed by atoms with Crippen LogP contribution >= 0.6 is 70.5 Å². The van der Waals surface area contributed by atoms with Crippen LogP contribution in [0.5, 0.6) is 0 Å². The molecule has 0 radical (unpaired) electrons. The normalized spacial score (nSPS) is 11.5. The summed E-state index contributed by atoms with van der Waals surface area (Å²) in [6.07, 6.45) is 0. The summed E-state index contributed by atoms with van der Waals surface area (Å²) in [5, 5.41) is 34.2. The molecule has 0 saturated heterocycles. The standard InChI is InChI=1S/C36H25BrSSi.C24H18Br2Si.C12H9BO2S/c37-28-12-10-18-32(25-28)39(29-13-3-1-4-14-29,30-15-5-2-6-16-30)31-17-9-11-26(23-31)27-21-22-36-34(24-27)33-19-7-8-20-35(33)38-36;25-19-9-7-15-23(17-19)27(21-11-3-1-4-12-21,22-13-5-2-6-14-22)24-16-8-10-20(26)18-24;14-13(15)8-5-6-12-10(7-8)9-3-1-2-4-11(9)16-12/h1-25H;1-18H;1-7,14-15H. The monoisotopic (exact) mass is 1320 g/mol. The van der Waals surface area contributed by atoms with Crippen molar-refractivity contribution in [2.75, 3.05) is 0 Å². The first-order valence-corrected chi connectivity index (χ1v) is 35.0. The Hall–Kier alpha value is -7.06. The molecule has 0 unspecified atom stereocenters. The van der Waals surface area contributed by atoms with Crippen molar-refractivity contribution in [3.8, 4) is 11.1 Å². The summed E-state index contributed by atoms with van der Waals surface area (Å²) >= 11 is 14.8. The van der Waals surface area contributed by atoms with Crippen molar-refractivity contribution in [1.82, 2.24) is 0 Å². The Morgan fingerprint density at radius 2 is 0.573 bits per heavy atom. The van der Waals surface area contributed by atoms with Crippen molar-refractivity contribution in [3.05, 3.63) is 317 Å². The Labute approximate surface area is 514 Å². The maximum absolute atomic E-state index is 9.15. The maximum atomic E-state index is 9.15. The fraction of sp³-hybridized carbons (Fsp3) is 0. The summed E-state index contributed by atoms with van der Waals surface area (Å²) in [5.41, 5.74) is 3.05. The van der Waals surface area contributed by atoms with Gasteiger partial charge < -0.3 is 10.0 Å². The van der Waals surface area contributed by atoms with Gasteiger partial charge in [0.25, 0.3) is 0 Å². The molecule has 2 N–H and O–H groups in total. The zero-order valence-corrected chi connectivity index (χ0v) is 52.7. The van der Waals surface area contributed by atoms with Crippen LogP contribution in [0.25, 0.3) is 51.5 Å². The van der Waals surface area contributed by atoms with E-state index in [9.17, 15) is 0 Å². The van der Waals surface area contributed by atoms with Crippen molar-refractivity contribution < 1.29 is 10.0 Å². The number of hydrogen-bond acceptors (Lipinski definition) is 4. The lowest BCUT2D eigenvalue weighted by Crippen LogP contribution is -2.74. The summed E-state index contributed by atoms with van der Waals surface area (Å²) in [6.45, 7) is 0. The molecule has 14 aromatic rings. The SMILES string of the molecule is Brc1cccc([Si](c2ccccc2)(c2ccccc2)c2cccc(-c3ccc4sc5ccccc5c4c3)c2)c1.Brc1cccc([Si](c2ccccc2)(c2ccccc2)c2cccc(Br)c2)c1.OB(O)c1ccc2sc3ccccc3c2c1. The fourth-order valence-corrected chi connectivity index (χ4v) is 25.3. The van der Waals surface area contributed by atoms with Gasteiger partial charge in [-0.2, -0.15) is 0 Å². The van der Waals surface area contributed by atoms with Crippen molar-refractivity contribution in [2.24, 2.45) is 0 Å². The van der Waals surface area contributed by atoms with Gasteiger partial charge in [-0.15, -0.1) is 22.7 Å². The van der Waals surface area contributed by atoms with Crippen LogP contribution < -0.4 is 47.0 Å². The predicted octanol–water partition coefficient (Wildman–Crippen LogP) is 14.2. The van der Waals surface area contributed by atoms with E-state index in [2.05, 4.69) is 321 Å². The Balaban J connectivity index is 0.000000133. The van der Waals surface area contributed by atoms with Gasteiger partial charge in [-0.25, -0.2) is 0 Å². The minimum absolute atomic E-state index is 0.538. The fourth-order valence-electron chi connectivity index (χ4n) is 11.7. The minimum atomic E-state index is -2.61. The lowest BCUT2D eigenvalue weighted by Gasteiger charge is -2.34. The molecule has 10 heteroatoms. The highest BCUT2D eigenvalue weighted by Gasteiger charge is 2.43. The van der Waals surface area contributed by atoms with E-state index in [1.165, 1.54) is 87.6 Å². The molecule has 82 heavy (non-hydrogen) atoms. The summed E-state index contributed by atoms with van der Waals surface area (Å²) in [6, 6.07) is 109. The summed E-state index contributed by atoms with van der Waals surface area (Å²) < 4.78 is 8.40. The second-order valence-electron chi connectivity index (χ2n) is 20.1. The van der Waals surface area contributed by atoms with E-state index in [1.807, 2.05) is 35.6 Å². The third-order valence-electron chi connectivity index (χ3n) is 15.3. The van der Waals surface area contributed by atoms with Crippen molar-refractivity contribution >= 4 is 181 Å². The van der Waals surface area contributed by atoms with E-state index < -0.39 is 23.3 Å². The highest BCUT2D eigenvalue weighted by Crippen LogP contribution is 2.37. The van der Waals surface area contributed by atoms with Crippen LogP contribution in [-0.4, -0.2) is 33.3 Å². The van der Waals surface area contributed by atoms with Gasteiger partial charge in [-0.3, -0.25) is 0 Å². The third-order valence-corrected chi connectivity index (χ3v) is 28.6. The lowest BCUT2D eigenvalue weighted by molar-refractivity contribution is 0.426. The highest BCUT2D eigenvalue weighted by atomic mass is 79.9. The largest absolute Gasteiger partial charge is 0.488 e. The van der Waals surface area contributed by atoms with Gasteiger partial charge in [-0.1, -0.05) is 284 Å². The number of hydrogen-bond donors (Lipinski definition) is 2.